The van der Waals surface area contributed by atoms with E-state index in [-0.39, 0.29) is 23.3 Å². The van der Waals surface area contributed by atoms with Gasteiger partial charge < -0.3 is 10.1 Å². The summed E-state index contributed by atoms with van der Waals surface area (Å²) < 4.78 is 2.56. The predicted octanol–water partition coefficient (Wildman–Crippen LogP) is 1.37. The topological polar surface area (TPSA) is 153 Å². The van der Waals surface area contributed by atoms with E-state index >= 15 is 0 Å². The highest BCUT2D eigenvalue weighted by Gasteiger charge is 2.23. The first-order chi connectivity index (χ1) is 10.1. The van der Waals surface area contributed by atoms with Crippen LogP contribution < -0.4 is 0 Å². The molecule has 21 heavy (non-hydrogen) atoms. The second kappa shape index (κ2) is 4.54. The number of fused-ring (bicyclic) bond motifs is 1. The Labute approximate surface area is 115 Å². The second-order valence-corrected chi connectivity index (χ2v) is 3.93. The minimum Gasteiger partial charge on any atom is -0.358 e. The summed E-state index contributed by atoms with van der Waals surface area (Å²) in [4.78, 5) is 16.9. The summed E-state index contributed by atoms with van der Waals surface area (Å²) in [6.45, 7) is 0. The van der Waals surface area contributed by atoms with Gasteiger partial charge in [0.05, 0.1) is 7.05 Å². The van der Waals surface area contributed by atoms with Crippen LogP contribution in [0.2, 0.25) is 0 Å². The highest BCUT2D eigenvalue weighted by molar-refractivity contribution is 5.54. The van der Waals surface area contributed by atoms with Crippen LogP contribution in [0.3, 0.4) is 0 Å². The molecule has 0 N–H and O–H groups in total. The second-order valence-electron chi connectivity index (χ2n) is 3.93. The molecule has 0 saturated heterocycles. The van der Waals surface area contributed by atoms with Crippen LogP contribution in [0.25, 0.3) is 27.7 Å². The van der Waals surface area contributed by atoms with Gasteiger partial charge in [0.25, 0.3) is 5.82 Å². The largest absolute Gasteiger partial charge is 0.358 e. The van der Waals surface area contributed by atoms with E-state index < -0.39 is 4.92 Å². The van der Waals surface area contributed by atoms with Gasteiger partial charge in [0.15, 0.2) is 5.65 Å². The lowest BCUT2D eigenvalue weighted by Crippen LogP contribution is -2.02. The van der Waals surface area contributed by atoms with Crippen molar-refractivity contribution in [3.8, 4) is 11.6 Å². The van der Waals surface area contributed by atoms with Gasteiger partial charge in [-0.15, -0.1) is 10.2 Å². The number of hydrogen-bond donors (Lipinski definition) is 0. The zero-order chi connectivity index (χ0) is 15.0. The Morgan fingerprint density at radius 2 is 2.19 bits per heavy atom. The maximum atomic E-state index is 10.8. The van der Waals surface area contributed by atoms with Crippen LogP contribution in [0.15, 0.2) is 23.4 Å². The van der Waals surface area contributed by atoms with Gasteiger partial charge >= 0.3 is 5.82 Å². The zero-order valence-electron chi connectivity index (χ0n) is 10.5. The molecule has 3 aromatic heterocycles. The maximum Gasteiger partial charge on any atom is 0.343 e. The van der Waals surface area contributed by atoms with Crippen molar-refractivity contribution in [1.82, 2.24) is 29.4 Å². The normalized spacial score (nSPS) is 10.5. The molecule has 3 aromatic rings. The van der Waals surface area contributed by atoms with E-state index in [9.17, 15) is 10.1 Å². The molecule has 0 aliphatic heterocycles. The molecule has 0 atom stereocenters. The van der Waals surface area contributed by atoms with Crippen LogP contribution in [0.5, 0.6) is 0 Å². The highest BCUT2D eigenvalue weighted by atomic mass is 16.6. The van der Waals surface area contributed by atoms with Gasteiger partial charge in [-0.05, 0) is 27.7 Å². The van der Waals surface area contributed by atoms with Gasteiger partial charge in [0, 0.05) is 4.91 Å². The summed E-state index contributed by atoms with van der Waals surface area (Å²) >= 11 is 0. The van der Waals surface area contributed by atoms with Crippen molar-refractivity contribution in [3.05, 3.63) is 38.9 Å². The lowest BCUT2D eigenvalue weighted by Gasteiger charge is -1.98. The molecule has 0 aliphatic carbocycles. The summed E-state index contributed by atoms with van der Waals surface area (Å²) in [5, 5.41) is 26.1. The van der Waals surface area contributed by atoms with Crippen molar-refractivity contribution < 1.29 is 4.92 Å². The monoisotopic (exact) mass is 286 g/mol. The fourth-order valence-corrected chi connectivity index (χ4v) is 1.80. The number of rotatable bonds is 3. The molecule has 0 bridgehead atoms. The van der Waals surface area contributed by atoms with Crippen LogP contribution in [-0.4, -0.2) is 34.3 Å². The Bertz CT molecular complexity index is 903. The molecule has 3 rings (SSSR count). The average Bonchev–Trinajstić information content (AvgIpc) is 3.02. The Kier molecular flexibility index (Phi) is 2.70. The summed E-state index contributed by atoms with van der Waals surface area (Å²) in [6, 6.07) is 3.04. The van der Waals surface area contributed by atoms with Crippen molar-refractivity contribution in [3.63, 3.8) is 0 Å². The van der Waals surface area contributed by atoms with Gasteiger partial charge in [0.2, 0.25) is 5.82 Å². The third-order valence-corrected chi connectivity index (χ3v) is 2.75. The highest BCUT2D eigenvalue weighted by Crippen LogP contribution is 2.21. The molecule has 0 aliphatic rings. The van der Waals surface area contributed by atoms with E-state index in [1.165, 1.54) is 22.2 Å². The van der Waals surface area contributed by atoms with E-state index in [1.54, 1.807) is 6.07 Å². The fourth-order valence-electron chi connectivity index (χ4n) is 1.80. The summed E-state index contributed by atoms with van der Waals surface area (Å²) in [6.07, 6.45) is 1.12. The molecule has 0 amide bonds. The third-order valence-electron chi connectivity index (χ3n) is 2.75. The minimum atomic E-state index is -0.557. The first kappa shape index (κ1) is 12.5. The van der Waals surface area contributed by atoms with E-state index in [0.29, 0.717) is 5.65 Å². The SMILES string of the molecule is Cn1c([N+](=O)[O-])cnc1-c1nnc2ccc(N=[N+]=[N-])nn12. The molecule has 0 spiro atoms. The molecular formula is C9H6N10O2. The number of nitrogens with zero attached hydrogens (tertiary/aromatic N) is 10. The van der Waals surface area contributed by atoms with Crippen molar-refractivity contribution in [2.45, 2.75) is 0 Å². The summed E-state index contributed by atoms with van der Waals surface area (Å²) in [7, 11) is 1.48. The van der Waals surface area contributed by atoms with Gasteiger partial charge in [0.1, 0.15) is 12.0 Å². The van der Waals surface area contributed by atoms with Gasteiger partial charge in [-0.2, -0.15) is 9.61 Å². The van der Waals surface area contributed by atoms with Crippen molar-refractivity contribution in [1.29, 1.82) is 0 Å². The summed E-state index contributed by atoms with van der Waals surface area (Å²) in [5.41, 5.74) is 8.82. The zero-order valence-corrected chi connectivity index (χ0v) is 10.5. The fraction of sp³-hybridized carbons (Fsp3) is 0.111. The quantitative estimate of drug-likeness (QED) is 0.233. The number of hydrogen-bond acceptors (Lipinski definition) is 7. The first-order valence-corrected chi connectivity index (χ1v) is 5.56. The van der Waals surface area contributed by atoms with E-state index in [1.807, 2.05) is 0 Å². The number of imidazole rings is 1. The maximum absolute atomic E-state index is 10.8. The van der Waals surface area contributed by atoms with Crippen LogP contribution >= 0.6 is 0 Å². The molecule has 104 valence electrons. The Morgan fingerprint density at radius 3 is 2.86 bits per heavy atom. The first-order valence-electron chi connectivity index (χ1n) is 5.56. The molecule has 12 nitrogen and oxygen atoms in total. The predicted molar refractivity (Wildman–Crippen MR) is 68.4 cm³/mol. The van der Waals surface area contributed by atoms with Gasteiger partial charge in [-0.25, -0.2) is 9.55 Å². The molecule has 3 heterocycles. The lowest BCUT2D eigenvalue weighted by atomic mass is 10.5. The van der Waals surface area contributed by atoms with E-state index in [0.717, 1.165) is 6.20 Å². The van der Waals surface area contributed by atoms with E-state index in [4.69, 9.17) is 5.53 Å². The average molecular weight is 286 g/mol. The van der Waals surface area contributed by atoms with Crippen LogP contribution in [0.1, 0.15) is 0 Å². The molecule has 0 saturated carbocycles. The lowest BCUT2D eigenvalue weighted by molar-refractivity contribution is -0.391. The minimum absolute atomic E-state index is 0.120. The van der Waals surface area contributed by atoms with Gasteiger partial charge in [-0.3, -0.25) is 0 Å². The third kappa shape index (κ3) is 1.91. The van der Waals surface area contributed by atoms with Crippen LogP contribution in [0.4, 0.5) is 11.6 Å². The van der Waals surface area contributed by atoms with Crippen molar-refractivity contribution in [2.75, 3.05) is 0 Å². The molecule has 0 fully saturated rings. The molecular weight excluding hydrogens is 280 g/mol. The van der Waals surface area contributed by atoms with E-state index in [2.05, 4.69) is 30.3 Å². The van der Waals surface area contributed by atoms with Crippen LogP contribution in [0, 0.1) is 10.1 Å². The number of aromatic nitrogens is 6. The molecule has 12 heteroatoms. The smallest absolute Gasteiger partial charge is 0.343 e. The van der Waals surface area contributed by atoms with Gasteiger partial charge in [-0.1, -0.05) is 0 Å². The van der Waals surface area contributed by atoms with Crippen LogP contribution in [-0.2, 0) is 7.05 Å². The Hall–Kier alpha value is -3.53. The van der Waals surface area contributed by atoms with Crippen molar-refractivity contribution >= 4 is 17.3 Å². The standard InChI is InChI=1S/C9H6N10O2/c1-17-7(19(20)21)4-11-8(17)9-14-13-6-3-2-5(12-16-10)15-18(6)9/h2-4H,1H3. The molecule has 0 radical (unpaired) electrons. The Morgan fingerprint density at radius 1 is 1.38 bits per heavy atom. The van der Waals surface area contributed by atoms with Crippen molar-refractivity contribution in [2.24, 2.45) is 12.2 Å². The number of azide groups is 1. The number of nitro groups is 1. The molecule has 0 unspecified atom stereocenters. The Balaban J connectivity index is 2.23. The summed E-state index contributed by atoms with van der Waals surface area (Å²) in [5.74, 6) is 0.359. The molecule has 0 aromatic carbocycles.